The molecule has 0 saturated carbocycles. The number of aromatic nitrogens is 3. The third-order valence-corrected chi connectivity index (χ3v) is 3.84. The number of hydrogen-bond donors (Lipinski definition) is 1. The summed E-state index contributed by atoms with van der Waals surface area (Å²) in [6.07, 6.45) is 3.16. The van der Waals surface area contributed by atoms with Gasteiger partial charge >= 0.3 is 0 Å². The van der Waals surface area contributed by atoms with Crippen molar-refractivity contribution in [3.63, 3.8) is 0 Å². The van der Waals surface area contributed by atoms with E-state index in [0.717, 1.165) is 16.8 Å². The van der Waals surface area contributed by atoms with Gasteiger partial charge in [0.1, 0.15) is 11.4 Å². The molecule has 7 heteroatoms. The van der Waals surface area contributed by atoms with E-state index in [4.69, 9.17) is 15.3 Å². The predicted octanol–water partition coefficient (Wildman–Crippen LogP) is 4.43. The number of rotatable bonds is 5. The summed E-state index contributed by atoms with van der Waals surface area (Å²) in [5.74, 6) is 1.27. The van der Waals surface area contributed by atoms with Crippen molar-refractivity contribution in [1.29, 1.82) is 10.5 Å². The van der Waals surface area contributed by atoms with E-state index < -0.39 is 0 Å². The fourth-order valence-electron chi connectivity index (χ4n) is 2.40. The number of anilines is 2. The molecule has 0 aliphatic heterocycles. The Labute approximate surface area is 162 Å². The lowest BCUT2D eigenvalue weighted by molar-refractivity contribution is 0.449. The second-order valence-electron chi connectivity index (χ2n) is 5.93. The first-order chi connectivity index (χ1) is 13.6. The molecule has 2 aromatic carbocycles. The van der Waals surface area contributed by atoms with Crippen LogP contribution in [-0.2, 0) is 0 Å². The summed E-state index contributed by atoms with van der Waals surface area (Å²) in [4.78, 5) is 4.39. The van der Waals surface area contributed by atoms with Crippen LogP contribution in [0.15, 0.2) is 48.5 Å². The molecule has 0 fully saturated rings. The molecule has 1 aromatic heterocycles. The molecule has 0 bridgehead atoms. The first-order valence-corrected chi connectivity index (χ1v) is 8.42. The van der Waals surface area contributed by atoms with Crippen LogP contribution >= 0.6 is 0 Å². The molecule has 0 unspecified atom stereocenters. The number of nitrogens with zero attached hydrogens (tertiary/aromatic N) is 5. The van der Waals surface area contributed by atoms with Gasteiger partial charge in [-0.15, -0.1) is 10.2 Å². The Balaban J connectivity index is 1.81. The van der Waals surface area contributed by atoms with Crippen molar-refractivity contribution in [3.05, 3.63) is 70.9 Å². The standard InChI is InChI=1S/C21H16N6O/c1-14-12-16(4-3-11-22)7-10-19(14)28-20-15(2)26-27-21(25-20)24-18-8-5-17(13-23)6-9-18/h3-10,12H,1-2H3,(H,24,25,27)/b4-3+. The molecule has 3 rings (SSSR count). The molecule has 0 atom stereocenters. The third-order valence-electron chi connectivity index (χ3n) is 3.84. The molecular weight excluding hydrogens is 352 g/mol. The zero-order valence-electron chi connectivity index (χ0n) is 15.3. The summed E-state index contributed by atoms with van der Waals surface area (Å²) in [5, 5.41) is 28.7. The number of allylic oxidation sites excluding steroid dienone is 1. The largest absolute Gasteiger partial charge is 0.437 e. The molecule has 28 heavy (non-hydrogen) atoms. The molecule has 7 nitrogen and oxygen atoms in total. The van der Waals surface area contributed by atoms with Gasteiger partial charge in [-0.1, -0.05) is 6.07 Å². The van der Waals surface area contributed by atoms with Crippen LogP contribution in [0, 0.1) is 36.5 Å². The highest BCUT2D eigenvalue weighted by Crippen LogP contribution is 2.27. The fourth-order valence-corrected chi connectivity index (χ4v) is 2.40. The SMILES string of the molecule is Cc1cc(/C=C/C#N)ccc1Oc1nc(Nc2ccc(C#N)cc2)nnc1C. The third kappa shape index (κ3) is 4.48. The number of nitrogens with one attached hydrogen (secondary N) is 1. The van der Waals surface area contributed by atoms with Gasteiger partial charge in [0.05, 0.1) is 17.7 Å². The van der Waals surface area contributed by atoms with E-state index >= 15 is 0 Å². The highest BCUT2D eigenvalue weighted by atomic mass is 16.5. The molecule has 3 aromatic rings. The Hall–Kier alpha value is -4.23. The summed E-state index contributed by atoms with van der Waals surface area (Å²) in [5.41, 5.74) is 3.67. The Morgan fingerprint density at radius 2 is 1.82 bits per heavy atom. The maximum absolute atomic E-state index is 8.87. The average Bonchev–Trinajstić information content (AvgIpc) is 2.71. The summed E-state index contributed by atoms with van der Waals surface area (Å²) in [6, 6.07) is 16.6. The minimum Gasteiger partial charge on any atom is -0.437 e. The van der Waals surface area contributed by atoms with Crippen LogP contribution in [0.3, 0.4) is 0 Å². The number of ether oxygens (including phenoxy) is 1. The molecule has 136 valence electrons. The zero-order valence-corrected chi connectivity index (χ0v) is 15.3. The molecule has 0 aliphatic carbocycles. The van der Waals surface area contributed by atoms with Gasteiger partial charge in [-0.05, 0) is 67.4 Å². The van der Waals surface area contributed by atoms with Crippen molar-refractivity contribution < 1.29 is 4.74 Å². The maximum atomic E-state index is 8.87. The van der Waals surface area contributed by atoms with Crippen LogP contribution in [0.5, 0.6) is 11.6 Å². The highest BCUT2D eigenvalue weighted by Gasteiger charge is 2.10. The molecule has 1 N–H and O–H groups in total. The molecule has 0 amide bonds. The van der Waals surface area contributed by atoms with E-state index in [-0.39, 0.29) is 5.95 Å². The Bertz CT molecular complexity index is 1110. The zero-order chi connectivity index (χ0) is 19.9. The summed E-state index contributed by atoms with van der Waals surface area (Å²) in [7, 11) is 0. The first-order valence-electron chi connectivity index (χ1n) is 8.42. The van der Waals surface area contributed by atoms with Crippen molar-refractivity contribution in [2.24, 2.45) is 0 Å². The number of nitriles is 2. The lowest BCUT2D eigenvalue weighted by Crippen LogP contribution is -2.03. The van der Waals surface area contributed by atoms with Gasteiger partial charge in [0, 0.05) is 11.8 Å². The molecule has 1 heterocycles. The molecule has 0 radical (unpaired) electrons. The number of aryl methyl sites for hydroxylation is 2. The summed E-state index contributed by atoms with van der Waals surface area (Å²) in [6.45, 7) is 3.68. The quantitative estimate of drug-likeness (QED) is 0.664. The summed E-state index contributed by atoms with van der Waals surface area (Å²) < 4.78 is 5.93. The smallest absolute Gasteiger partial charge is 0.250 e. The van der Waals surface area contributed by atoms with E-state index in [9.17, 15) is 0 Å². The van der Waals surface area contributed by atoms with E-state index in [1.807, 2.05) is 31.2 Å². The van der Waals surface area contributed by atoms with Crippen molar-refractivity contribution in [2.75, 3.05) is 5.32 Å². The Morgan fingerprint density at radius 1 is 1.04 bits per heavy atom. The van der Waals surface area contributed by atoms with E-state index in [1.165, 1.54) is 6.08 Å². The normalized spacial score (nSPS) is 10.3. The van der Waals surface area contributed by atoms with Crippen LogP contribution in [0.4, 0.5) is 11.6 Å². The Morgan fingerprint density at radius 3 is 2.50 bits per heavy atom. The number of benzene rings is 2. The molecule has 0 aliphatic rings. The minimum absolute atomic E-state index is 0.288. The van der Waals surface area contributed by atoms with E-state index in [1.54, 1.807) is 37.3 Å². The van der Waals surface area contributed by atoms with Gasteiger partial charge in [0.2, 0.25) is 11.8 Å². The van der Waals surface area contributed by atoms with E-state index in [0.29, 0.717) is 22.9 Å². The first kappa shape index (κ1) is 18.6. The molecular formula is C21H16N6O. The molecule has 0 saturated heterocycles. The second-order valence-corrected chi connectivity index (χ2v) is 5.93. The van der Waals surface area contributed by atoms with Crippen molar-refractivity contribution in [3.8, 4) is 23.8 Å². The van der Waals surface area contributed by atoms with Gasteiger partial charge in [-0.2, -0.15) is 15.5 Å². The fraction of sp³-hybridized carbons (Fsp3) is 0.0952. The lowest BCUT2D eigenvalue weighted by atomic mass is 10.1. The minimum atomic E-state index is 0.288. The lowest BCUT2D eigenvalue weighted by Gasteiger charge is -2.11. The van der Waals surface area contributed by atoms with Gasteiger partial charge in [0.15, 0.2) is 0 Å². The second kappa shape index (κ2) is 8.43. The topological polar surface area (TPSA) is 108 Å². The van der Waals surface area contributed by atoms with Crippen molar-refractivity contribution in [1.82, 2.24) is 15.2 Å². The Kier molecular flexibility index (Phi) is 5.59. The van der Waals surface area contributed by atoms with Crippen LogP contribution in [-0.4, -0.2) is 15.2 Å². The van der Waals surface area contributed by atoms with Gasteiger partial charge in [-0.3, -0.25) is 0 Å². The van der Waals surface area contributed by atoms with Crippen LogP contribution < -0.4 is 10.1 Å². The van der Waals surface area contributed by atoms with Crippen LogP contribution in [0.2, 0.25) is 0 Å². The van der Waals surface area contributed by atoms with Crippen molar-refractivity contribution >= 4 is 17.7 Å². The van der Waals surface area contributed by atoms with Crippen molar-refractivity contribution in [2.45, 2.75) is 13.8 Å². The number of hydrogen-bond acceptors (Lipinski definition) is 7. The van der Waals surface area contributed by atoms with Gasteiger partial charge in [-0.25, -0.2) is 0 Å². The van der Waals surface area contributed by atoms with Gasteiger partial charge in [0.25, 0.3) is 0 Å². The van der Waals surface area contributed by atoms with Crippen LogP contribution in [0.25, 0.3) is 6.08 Å². The van der Waals surface area contributed by atoms with E-state index in [2.05, 4.69) is 26.6 Å². The summed E-state index contributed by atoms with van der Waals surface area (Å²) >= 11 is 0. The average molecular weight is 368 g/mol. The predicted molar refractivity (Wildman–Crippen MR) is 105 cm³/mol. The highest BCUT2D eigenvalue weighted by molar-refractivity contribution is 5.56. The molecule has 0 spiro atoms. The van der Waals surface area contributed by atoms with Gasteiger partial charge < -0.3 is 10.1 Å². The van der Waals surface area contributed by atoms with Crippen LogP contribution in [0.1, 0.15) is 22.4 Å². The monoisotopic (exact) mass is 368 g/mol. The maximum Gasteiger partial charge on any atom is 0.250 e.